The second kappa shape index (κ2) is 7.60. The van der Waals surface area contributed by atoms with E-state index in [0.29, 0.717) is 5.92 Å². The summed E-state index contributed by atoms with van der Waals surface area (Å²) < 4.78 is 7.51. The van der Waals surface area contributed by atoms with E-state index in [2.05, 4.69) is 20.3 Å². The zero-order valence-electron chi connectivity index (χ0n) is 12.2. The van der Waals surface area contributed by atoms with Crippen molar-refractivity contribution in [3.05, 3.63) is 11.4 Å². The molecule has 1 aliphatic rings. The molecule has 0 aromatic carbocycles. The van der Waals surface area contributed by atoms with Crippen LogP contribution in [0.5, 0.6) is 0 Å². The van der Waals surface area contributed by atoms with Crippen molar-refractivity contribution in [1.29, 1.82) is 0 Å². The Balaban J connectivity index is 2.03. The van der Waals surface area contributed by atoms with E-state index < -0.39 is 0 Å². The van der Waals surface area contributed by atoms with Gasteiger partial charge in [0.05, 0.1) is 11.4 Å². The third-order valence-electron chi connectivity index (χ3n) is 3.80. The Bertz CT molecular complexity index is 372. The van der Waals surface area contributed by atoms with Crippen LogP contribution in [-0.2, 0) is 17.8 Å². The molecular formula is C14H26N4O. The summed E-state index contributed by atoms with van der Waals surface area (Å²) in [6.07, 6.45) is 6.27. The molecule has 0 aliphatic heterocycles. The third-order valence-corrected chi connectivity index (χ3v) is 3.80. The van der Waals surface area contributed by atoms with Gasteiger partial charge in [-0.15, -0.1) is 5.10 Å². The molecule has 5 heteroatoms. The number of nitrogens with zero attached hydrogens (tertiary/aromatic N) is 3. The number of hydrogen-bond donors (Lipinski definition) is 1. The maximum Gasteiger partial charge on any atom is 0.0999 e. The van der Waals surface area contributed by atoms with Crippen molar-refractivity contribution in [1.82, 2.24) is 20.3 Å². The van der Waals surface area contributed by atoms with Gasteiger partial charge in [0.15, 0.2) is 0 Å². The highest BCUT2D eigenvalue weighted by Gasteiger charge is 2.25. The van der Waals surface area contributed by atoms with Gasteiger partial charge in [-0.3, -0.25) is 0 Å². The summed E-state index contributed by atoms with van der Waals surface area (Å²) in [6, 6.07) is 0. The van der Waals surface area contributed by atoms with Gasteiger partial charge in [-0.05, 0) is 33.2 Å². The third kappa shape index (κ3) is 3.76. The van der Waals surface area contributed by atoms with Gasteiger partial charge in [0.2, 0.25) is 0 Å². The van der Waals surface area contributed by atoms with Gasteiger partial charge in [-0.1, -0.05) is 18.1 Å². The minimum Gasteiger partial charge on any atom is -0.382 e. The van der Waals surface area contributed by atoms with E-state index in [1.54, 1.807) is 0 Å². The number of ether oxygens (including phenoxy) is 1. The molecule has 0 bridgehead atoms. The number of aryl methyl sites for hydroxylation is 1. The van der Waals surface area contributed by atoms with Crippen LogP contribution in [-0.4, -0.2) is 35.3 Å². The van der Waals surface area contributed by atoms with Crippen LogP contribution in [0.4, 0.5) is 0 Å². The minimum atomic E-state index is 0.658. The molecule has 1 saturated carbocycles. The van der Waals surface area contributed by atoms with E-state index in [1.807, 2.05) is 14.0 Å². The van der Waals surface area contributed by atoms with E-state index in [1.165, 1.54) is 31.4 Å². The molecule has 1 heterocycles. The normalized spacial score (nSPS) is 16.3. The molecule has 0 atom stereocenters. The average molecular weight is 266 g/mol. The zero-order valence-corrected chi connectivity index (χ0v) is 12.2. The van der Waals surface area contributed by atoms with Gasteiger partial charge in [-0.25, -0.2) is 4.68 Å². The molecule has 1 aliphatic carbocycles. The largest absolute Gasteiger partial charge is 0.382 e. The zero-order chi connectivity index (χ0) is 13.5. The summed E-state index contributed by atoms with van der Waals surface area (Å²) in [6.45, 7) is 5.37. The van der Waals surface area contributed by atoms with Crippen molar-refractivity contribution < 1.29 is 4.74 Å². The molecule has 0 saturated heterocycles. The molecule has 5 nitrogen and oxygen atoms in total. The Kier molecular flexibility index (Phi) is 5.79. The highest BCUT2D eigenvalue weighted by molar-refractivity contribution is 5.17. The first-order valence-corrected chi connectivity index (χ1v) is 7.51. The summed E-state index contributed by atoms with van der Waals surface area (Å²) in [5.74, 6) is 0.658. The molecule has 2 rings (SSSR count). The van der Waals surface area contributed by atoms with Gasteiger partial charge in [0.1, 0.15) is 0 Å². The molecule has 1 N–H and O–H groups in total. The SMILES string of the molecule is CCOCCCn1nnc(CNC)c1C1CCCC1. The Morgan fingerprint density at radius 2 is 2.16 bits per heavy atom. The number of hydrogen-bond acceptors (Lipinski definition) is 4. The lowest BCUT2D eigenvalue weighted by molar-refractivity contribution is 0.140. The predicted molar refractivity (Wildman–Crippen MR) is 75.1 cm³/mol. The van der Waals surface area contributed by atoms with Crippen LogP contribution in [0.1, 0.15) is 56.3 Å². The molecule has 0 unspecified atom stereocenters. The highest BCUT2D eigenvalue weighted by Crippen LogP contribution is 2.35. The first-order chi connectivity index (χ1) is 9.36. The van der Waals surface area contributed by atoms with Crippen LogP contribution in [0, 0.1) is 0 Å². The number of aromatic nitrogens is 3. The average Bonchev–Trinajstić information content (AvgIpc) is 3.04. The lowest BCUT2D eigenvalue weighted by atomic mass is 10.0. The van der Waals surface area contributed by atoms with Gasteiger partial charge in [0.25, 0.3) is 0 Å². The Morgan fingerprint density at radius 1 is 1.37 bits per heavy atom. The maximum atomic E-state index is 5.40. The molecule has 0 radical (unpaired) electrons. The van der Waals surface area contributed by atoms with Crippen LogP contribution in [0.15, 0.2) is 0 Å². The smallest absolute Gasteiger partial charge is 0.0999 e. The van der Waals surface area contributed by atoms with Gasteiger partial charge in [-0.2, -0.15) is 0 Å². The summed E-state index contributed by atoms with van der Waals surface area (Å²) in [4.78, 5) is 0. The van der Waals surface area contributed by atoms with E-state index in [4.69, 9.17) is 4.74 Å². The predicted octanol–water partition coefficient (Wildman–Crippen LogP) is 2.08. The molecule has 0 spiro atoms. The first kappa shape index (κ1) is 14.5. The fourth-order valence-corrected chi connectivity index (χ4v) is 2.92. The fraction of sp³-hybridized carbons (Fsp3) is 0.857. The molecule has 1 fully saturated rings. The quantitative estimate of drug-likeness (QED) is 0.732. The van der Waals surface area contributed by atoms with E-state index in [-0.39, 0.29) is 0 Å². The van der Waals surface area contributed by atoms with Crippen LogP contribution < -0.4 is 5.32 Å². The Labute approximate surface area is 115 Å². The summed E-state index contributed by atoms with van der Waals surface area (Å²) in [7, 11) is 1.96. The van der Waals surface area contributed by atoms with Crippen molar-refractivity contribution in [2.24, 2.45) is 0 Å². The first-order valence-electron chi connectivity index (χ1n) is 7.51. The molecule has 0 amide bonds. The fourth-order valence-electron chi connectivity index (χ4n) is 2.92. The van der Waals surface area contributed by atoms with Crippen molar-refractivity contribution in [2.75, 3.05) is 20.3 Å². The molecule has 1 aromatic heterocycles. The molecule has 108 valence electrons. The van der Waals surface area contributed by atoms with Crippen molar-refractivity contribution >= 4 is 0 Å². The topological polar surface area (TPSA) is 52.0 Å². The Morgan fingerprint density at radius 3 is 2.84 bits per heavy atom. The van der Waals surface area contributed by atoms with Crippen molar-refractivity contribution in [3.8, 4) is 0 Å². The second-order valence-electron chi connectivity index (χ2n) is 5.21. The van der Waals surface area contributed by atoms with Gasteiger partial charge < -0.3 is 10.1 Å². The van der Waals surface area contributed by atoms with Crippen LogP contribution in [0.3, 0.4) is 0 Å². The maximum absolute atomic E-state index is 5.40. The number of rotatable bonds is 8. The van der Waals surface area contributed by atoms with E-state index >= 15 is 0 Å². The van der Waals surface area contributed by atoms with Crippen molar-refractivity contribution in [2.45, 2.75) is 58.0 Å². The highest BCUT2D eigenvalue weighted by atomic mass is 16.5. The lowest BCUT2D eigenvalue weighted by Gasteiger charge is -2.13. The second-order valence-corrected chi connectivity index (χ2v) is 5.21. The minimum absolute atomic E-state index is 0.658. The molecule has 1 aromatic rings. The monoisotopic (exact) mass is 266 g/mol. The summed E-state index contributed by atoms with van der Waals surface area (Å²) in [5.41, 5.74) is 2.49. The van der Waals surface area contributed by atoms with Crippen molar-refractivity contribution in [3.63, 3.8) is 0 Å². The van der Waals surface area contributed by atoms with Crippen LogP contribution in [0.2, 0.25) is 0 Å². The molecular weight excluding hydrogens is 240 g/mol. The molecule has 19 heavy (non-hydrogen) atoms. The Hall–Kier alpha value is -0.940. The van der Waals surface area contributed by atoms with Gasteiger partial charge in [0, 0.05) is 32.2 Å². The van der Waals surface area contributed by atoms with E-state index in [0.717, 1.165) is 38.4 Å². The summed E-state index contributed by atoms with van der Waals surface area (Å²) in [5, 5.41) is 11.9. The van der Waals surface area contributed by atoms with Gasteiger partial charge >= 0.3 is 0 Å². The van der Waals surface area contributed by atoms with Crippen LogP contribution >= 0.6 is 0 Å². The summed E-state index contributed by atoms with van der Waals surface area (Å²) >= 11 is 0. The lowest BCUT2D eigenvalue weighted by Crippen LogP contribution is -2.13. The standard InChI is InChI=1S/C14H26N4O/c1-3-19-10-6-9-18-14(12-7-4-5-8-12)13(11-15-2)16-17-18/h12,15H,3-11H2,1-2H3. The van der Waals surface area contributed by atoms with Crippen LogP contribution in [0.25, 0.3) is 0 Å². The number of nitrogens with one attached hydrogen (secondary N) is 1. The van der Waals surface area contributed by atoms with E-state index in [9.17, 15) is 0 Å².